The van der Waals surface area contributed by atoms with Crippen LogP contribution in [0.2, 0.25) is 12.1 Å². The first-order chi connectivity index (χ1) is 28.7. The third kappa shape index (κ3) is 11.4. The van der Waals surface area contributed by atoms with Crippen molar-refractivity contribution in [2.75, 3.05) is 41.7 Å². The van der Waals surface area contributed by atoms with Gasteiger partial charge in [-0.05, 0) is 158 Å². The molecule has 8 nitrogen and oxygen atoms in total. The lowest BCUT2D eigenvalue weighted by atomic mass is 9.76. The van der Waals surface area contributed by atoms with Gasteiger partial charge in [-0.1, -0.05) is 51.3 Å². The molecule has 0 spiro atoms. The Morgan fingerprint density at radius 3 is 0.984 bits per heavy atom. The lowest BCUT2D eigenvalue weighted by Crippen LogP contribution is -2.38. The van der Waals surface area contributed by atoms with Gasteiger partial charge < -0.3 is 36.7 Å². The Hall–Kier alpha value is -4.69. The zero-order valence-electron chi connectivity index (χ0n) is 39.2. The molecule has 0 saturated heterocycles. The van der Waals surface area contributed by atoms with Gasteiger partial charge in [0.05, 0.1) is 0 Å². The van der Waals surface area contributed by atoms with Gasteiger partial charge in [0.1, 0.15) is 47.7 Å². The van der Waals surface area contributed by atoms with E-state index in [4.69, 9.17) is 36.7 Å². The fraction of sp³-hybridized carbons (Fsp3) is 0.373. The van der Waals surface area contributed by atoms with Crippen LogP contribution in [0.3, 0.4) is 0 Å². The quantitative estimate of drug-likeness (QED) is 0.0571. The molecule has 0 atom stereocenters. The molecule has 328 valence electrons. The highest BCUT2D eigenvalue weighted by Crippen LogP contribution is 2.42. The summed E-state index contributed by atoms with van der Waals surface area (Å²) in [7, 11) is 1.53. The van der Waals surface area contributed by atoms with Crippen molar-refractivity contribution in [1.82, 2.24) is 0 Å². The maximum absolute atomic E-state index is 6.60. The summed E-state index contributed by atoms with van der Waals surface area (Å²) >= 11 is 0. The van der Waals surface area contributed by atoms with Crippen molar-refractivity contribution in [3.05, 3.63) is 153 Å². The topological polar surface area (TPSA) is 73.8 Å². The number of rotatable bonds is 22. The summed E-state index contributed by atoms with van der Waals surface area (Å²) in [6.45, 7) is 38.1. The second-order valence-corrected chi connectivity index (χ2v) is 23.2. The predicted molar refractivity (Wildman–Crippen MR) is 255 cm³/mol. The number of benzene rings is 4. The fourth-order valence-corrected chi connectivity index (χ4v) is 11.3. The van der Waals surface area contributed by atoms with Crippen LogP contribution in [0.15, 0.2) is 97.4 Å². The van der Waals surface area contributed by atoms with Gasteiger partial charge in [0.25, 0.3) is 0 Å². The summed E-state index contributed by atoms with van der Waals surface area (Å²) < 4.78 is 48.4. The average molecular weight is 865 g/mol. The van der Waals surface area contributed by atoms with Gasteiger partial charge in [-0.2, -0.15) is 0 Å². The maximum Gasteiger partial charge on any atom is 0.368 e. The Bertz CT molecular complexity index is 2020. The lowest BCUT2D eigenvalue weighted by Gasteiger charge is -2.29. The maximum atomic E-state index is 6.60. The van der Waals surface area contributed by atoms with Crippen molar-refractivity contribution in [1.29, 1.82) is 0 Å². The standard InChI is InChI=1S/C51H68O8Si2/c1-19-60(52-15,53-16)31-33(3)29-56-47-39(9)25-45(26-40(47)10)58-49-35(5)21-43(22-36(49)6)51(13,14)44-23-37(7)50(38(8)24-44)59-46-27-41(11)48(42(12)28-46)57-30-34(4)32-61(20-2,54-17)55-18/h19-28H,1-4,29-32H2,5-18H3. The van der Waals surface area contributed by atoms with E-state index in [9.17, 15) is 0 Å². The molecule has 0 bridgehead atoms. The fourth-order valence-electron chi connectivity index (χ4n) is 7.82. The van der Waals surface area contributed by atoms with E-state index in [0.29, 0.717) is 25.3 Å². The Labute approximate surface area is 368 Å². The van der Waals surface area contributed by atoms with Gasteiger partial charge in [-0.25, -0.2) is 0 Å². The minimum atomic E-state index is -2.53. The molecule has 0 heterocycles. The van der Waals surface area contributed by atoms with Crippen LogP contribution in [-0.2, 0) is 23.1 Å². The predicted octanol–water partition coefficient (Wildman–Crippen LogP) is 12.9. The van der Waals surface area contributed by atoms with E-state index in [0.717, 1.165) is 90.2 Å². The molecule has 0 aliphatic rings. The van der Waals surface area contributed by atoms with E-state index >= 15 is 0 Å². The van der Waals surface area contributed by atoms with Crippen LogP contribution in [0, 0.1) is 55.4 Å². The molecule has 0 unspecified atom stereocenters. The Kier molecular flexibility index (Phi) is 16.4. The molecule has 0 fully saturated rings. The molecule has 0 aromatic heterocycles. The van der Waals surface area contributed by atoms with E-state index in [-0.39, 0.29) is 5.41 Å². The molecular weight excluding hydrogens is 797 g/mol. The van der Waals surface area contributed by atoms with Gasteiger partial charge in [-0.15, -0.1) is 13.2 Å². The Morgan fingerprint density at radius 1 is 0.475 bits per heavy atom. The Morgan fingerprint density at radius 2 is 0.738 bits per heavy atom. The number of ether oxygens (including phenoxy) is 4. The highest BCUT2D eigenvalue weighted by atomic mass is 28.4. The Balaban J connectivity index is 1.49. The number of aryl methyl sites for hydroxylation is 8. The van der Waals surface area contributed by atoms with E-state index in [1.54, 1.807) is 39.8 Å². The van der Waals surface area contributed by atoms with Crippen LogP contribution in [-0.4, -0.2) is 58.8 Å². The molecule has 0 amide bonds. The largest absolute Gasteiger partial charge is 0.489 e. The molecule has 0 aliphatic heterocycles. The summed E-state index contributed by atoms with van der Waals surface area (Å²) in [4.78, 5) is 0. The monoisotopic (exact) mass is 864 g/mol. The van der Waals surface area contributed by atoms with Crippen LogP contribution < -0.4 is 18.9 Å². The van der Waals surface area contributed by atoms with E-state index in [1.807, 2.05) is 52.0 Å². The smallest absolute Gasteiger partial charge is 0.368 e. The van der Waals surface area contributed by atoms with Crippen LogP contribution in [0.5, 0.6) is 34.5 Å². The highest BCUT2D eigenvalue weighted by Gasteiger charge is 2.34. The minimum absolute atomic E-state index is 0.297. The number of hydrogen-bond donors (Lipinski definition) is 0. The molecule has 0 saturated carbocycles. The third-order valence-corrected chi connectivity index (χ3v) is 17.5. The van der Waals surface area contributed by atoms with Gasteiger partial charge in [-0.3, -0.25) is 0 Å². The summed E-state index contributed by atoms with van der Waals surface area (Å²) in [5.74, 6) is 4.85. The summed E-state index contributed by atoms with van der Waals surface area (Å²) in [6, 6.07) is 18.2. The van der Waals surface area contributed by atoms with Crippen LogP contribution in [0.1, 0.15) is 69.5 Å². The van der Waals surface area contributed by atoms with Crippen molar-refractivity contribution in [2.45, 2.75) is 86.7 Å². The van der Waals surface area contributed by atoms with Crippen LogP contribution >= 0.6 is 0 Å². The first-order valence-corrected chi connectivity index (χ1v) is 24.8. The van der Waals surface area contributed by atoms with Crippen molar-refractivity contribution in [3.63, 3.8) is 0 Å². The van der Waals surface area contributed by atoms with Gasteiger partial charge in [0, 0.05) is 45.9 Å². The zero-order chi connectivity index (χ0) is 45.4. The van der Waals surface area contributed by atoms with Crippen molar-refractivity contribution in [3.8, 4) is 34.5 Å². The second kappa shape index (κ2) is 20.5. The van der Waals surface area contributed by atoms with E-state index in [2.05, 4.69) is 92.1 Å². The van der Waals surface area contributed by atoms with Crippen LogP contribution in [0.4, 0.5) is 0 Å². The molecule has 4 rings (SSSR count). The molecule has 4 aromatic rings. The van der Waals surface area contributed by atoms with Crippen LogP contribution in [0.25, 0.3) is 0 Å². The summed E-state index contributed by atoms with van der Waals surface area (Å²) in [5.41, 5.74) is 15.6. The van der Waals surface area contributed by atoms with Crippen molar-refractivity contribution in [2.24, 2.45) is 0 Å². The second-order valence-electron chi connectivity index (χ2n) is 16.8. The molecule has 61 heavy (non-hydrogen) atoms. The lowest BCUT2D eigenvalue weighted by molar-refractivity contribution is 0.255. The molecule has 0 aliphatic carbocycles. The van der Waals surface area contributed by atoms with Gasteiger partial charge in [0.2, 0.25) is 0 Å². The van der Waals surface area contributed by atoms with Gasteiger partial charge >= 0.3 is 17.1 Å². The first-order valence-electron chi connectivity index (χ1n) is 20.6. The van der Waals surface area contributed by atoms with Crippen molar-refractivity contribution < 1.29 is 36.7 Å². The van der Waals surface area contributed by atoms with E-state index < -0.39 is 17.1 Å². The van der Waals surface area contributed by atoms with Crippen molar-refractivity contribution >= 4 is 17.1 Å². The molecule has 4 aromatic carbocycles. The highest BCUT2D eigenvalue weighted by molar-refractivity contribution is 6.73. The summed E-state index contributed by atoms with van der Waals surface area (Å²) in [6.07, 6.45) is 0. The number of hydrogen-bond acceptors (Lipinski definition) is 8. The zero-order valence-corrected chi connectivity index (χ0v) is 41.2. The first kappa shape index (κ1) is 49.0. The third-order valence-electron chi connectivity index (χ3n) is 11.5. The molecule has 0 radical (unpaired) electrons. The SMILES string of the molecule is C=C[Si](CC(=C)COc1c(C)cc(Oc2c(C)cc(C(C)(C)c3cc(C)c(Oc4cc(C)c(OCC(=C)C[Si](C=C)(OC)OC)c(C)c4)c(C)c3)cc2C)cc1C)(OC)OC. The molecule has 0 N–H and O–H groups in total. The van der Waals surface area contributed by atoms with Gasteiger partial charge in [0.15, 0.2) is 0 Å². The molecular formula is C51H68O8Si2. The average Bonchev–Trinajstić information content (AvgIpc) is 3.21. The normalized spacial score (nSPS) is 11.9. The summed E-state index contributed by atoms with van der Waals surface area (Å²) in [5, 5.41) is 0. The van der Waals surface area contributed by atoms with E-state index in [1.165, 1.54) is 11.1 Å². The minimum Gasteiger partial charge on any atom is -0.489 e. The molecule has 10 heteroatoms.